The molecule has 1 aromatic heterocycles. The Bertz CT molecular complexity index is 686. The van der Waals surface area contributed by atoms with Crippen molar-refractivity contribution in [2.75, 3.05) is 18.6 Å². The maximum absolute atomic E-state index is 13.0. The van der Waals surface area contributed by atoms with Crippen LogP contribution in [0, 0.1) is 0 Å². The largest absolute Gasteiger partial charge is 0.435 e. The molecule has 1 fully saturated rings. The minimum Gasteiger partial charge on any atom is -0.435 e. The van der Waals surface area contributed by atoms with Crippen molar-refractivity contribution in [2.24, 2.45) is 0 Å². The quantitative estimate of drug-likeness (QED) is 0.566. The number of anilines is 1. The molecule has 26 heavy (non-hydrogen) atoms. The number of halogens is 4. The fraction of sp³-hybridized carbons (Fsp3) is 0.533. The van der Waals surface area contributed by atoms with Gasteiger partial charge < -0.3 is 9.47 Å². The molecule has 1 unspecified atom stereocenters. The number of hydrogen-bond donors (Lipinski definition) is 0. The number of rotatable bonds is 5. The molecule has 7 nitrogen and oxygen atoms in total. The summed E-state index contributed by atoms with van der Waals surface area (Å²) in [6.07, 6.45) is -6.06. The first kappa shape index (κ1) is 20.2. The summed E-state index contributed by atoms with van der Waals surface area (Å²) in [5.41, 5.74) is -0.992. The van der Waals surface area contributed by atoms with E-state index in [0.717, 1.165) is 22.1 Å². The first-order valence-electron chi connectivity index (χ1n) is 7.63. The molecular formula is C15H17ClF3N3O4. The summed E-state index contributed by atoms with van der Waals surface area (Å²) >= 11 is 5.69. The number of hydrogen-bond acceptors (Lipinski definition) is 5. The van der Waals surface area contributed by atoms with Crippen molar-refractivity contribution in [2.45, 2.75) is 37.9 Å². The summed E-state index contributed by atoms with van der Waals surface area (Å²) in [7, 11) is 1.38. The van der Waals surface area contributed by atoms with Gasteiger partial charge in [0.15, 0.2) is 6.23 Å². The number of carbonyl (C=O) groups is 2. The third-order valence-corrected chi connectivity index (χ3v) is 3.78. The lowest BCUT2D eigenvalue weighted by molar-refractivity contribution is -0.159. The summed E-state index contributed by atoms with van der Waals surface area (Å²) in [6.45, 7) is 3.20. The summed E-state index contributed by atoms with van der Waals surface area (Å²) in [4.78, 5) is 30.2. The van der Waals surface area contributed by atoms with Crippen LogP contribution in [0.4, 0.5) is 23.8 Å². The van der Waals surface area contributed by atoms with E-state index < -0.39 is 41.6 Å². The van der Waals surface area contributed by atoms with Crippen molar-refractivity contribution in [3.63, 3.8) is 0 Å². The van der Waals surface area contributed by atoms with Crippen molar-refractivity contribution in [3.8, 4) is 0 Å². The van der Waals surface area contributed by atoms with E-state index in [9.17, 15) is 22.8 Å². The Labute approximate surface area is 152 Å². The maximum Gasteiger partial charge on any atom is 0.416 e. The van der Waals surface area contributed by atoms with Gasteiger partial charge in [-0.05, 0) is 26.0 Å². The van der Waals surface area contributed by atoms with Crippen molar-refractivity contribution in [1.82, 2.24) is 9.88 Å². The molecule has 0 aliphatic carbocycles. The monoisotopic (exact) mass is 395 g/mol. The molecule has 3 atom stereocenters. The number of amides is 2. The van der Waals surface area contributed by atoms with Crippen molar-refractivity contribution < 1.29 is 32.2 Å². The van der Waals surface area contributed by atoms with Gasteiger partial charge in [0.05, 0.1) is 5.56 Å². The van der Waals surface area contributed by atoms with E-state index in [1.807, 2.05) is 0 Å². The Kier molecular flexibility index (Phi) is 5.97. The van der Waals surface area contributed by atoms with Gasteiger partial charge in [0.2, 0.25) is 6.23 Å². The van der Waals surface area contributed by atoms with Gasteiger partial charge in [-0.2, -0.15) is 13.2 Å². The highest BCUT2D eigenvalue weighted by Crippen LogP contribution is 2.34. The zero-order valence-corrected chi connectivity index (χ0v) is 14.9. The predicted molar refractivity (Wildman–Crippen MR) is 85.5 cm³/mol. The lowest BCUT2D eigenvalue weighted by Crippen LogP contribution is -2.43. The molecule has 0 N–H and O–H groups in total. The van der Waals surface area contributed by atoms with Gasteiger partial charge in [0.1, 0.15) is 11.2 Å². The van der Waals surface area contributed by atoms with Gasteiger partial charge in [-0.15, -0.1) is 11.6 Å². The molecule has 0 saturated carbocycles. The van der Waals surface area contributed by atoms with Gasteiger partial charge in [-0.3, -0.25) is 9.69 Å². The number of pyridine rings is 1. The third-order valence-electron chi connectivity index (χ3n) is 3.61. The minimum absolute atomic E-state index is 0.177. The molecule has 1 aliphatic rings. The van der Waals surface area contributed by atoms with E-state index in [-0.39, 0.29) is 12.4 Å². The lowest BCUT2D eigenvalue weighted by Gasteiger charge is -2.26. The molecule has 1 saturated heterocycles. The van der Waals surface area contributed by atoms with Gasteiger partial charge in [-0.25, -0.2) is 14.7 Å². The number of ether oxygens (including phenoxy) is 2. The van der Waals surface area contributed by atoms with E-state index in [1.54, 1.807) is 6.92 Å². The van der Waals surface area contributed by atoms with Gasteiger partial charge in [0, 0.05) is 19.9 Å². The Balaban J connectivity index is 2.45. The number of urea groups is 1. The molecule has 11 heteroatoms. The summed E-state index contributed by atoms with van der Waals surface area (Å²) in [6, 6.07) is 0.746. The summed E-state index contributed by atoms with van der Waals surface area (Å²) < 4.78 is 49.5. The van der Waals surface area contributed by atoms with Crippen LogP contribution in [0.25, 0.3) is 0 Å². The predicted octanol–water partition coefficient (Wildman–Crippen LogP) is 2.83. The molecule has 0 radical (unpaired) electrons. The molecule has 0 aromatic carbocycles. The zero-order chi connectivity index (χ0) is 19.6. The fourth-order valence-corrected chi connectivity index (χ4v) is 2.40. The first-order valence-corrected chi connectivity index (χ1v) is 8.07. The number of alkyl halides is 4. The van der Waals surface area contributed by atoms with Crippen LogP contribution in [0.15, 0.2) is 18.3 Å². The zero-order valence-electron chi connectivity index (χ0n) is 14.2. The average molecular weight is 396 g/mol. The van der Waals surface area contributed by atoms with Gasteiger partial charge in [-0.1, -0.05) is 0 Å². The van der Waals surface area contributed by atoms with Gasteiger partial charge in [0.25, 0.3) is 0 Å². The highest BCUT2D eigenvalue weighted by Gasteiger charge is 2.49. The van der Waals surface area contributed by atoms with Crippen molar-refractivity contribution >= 4 is 29.4 Å². The molecule has 2 amide bonds. The highest BCUT2D eigenvalue weighted by atomic mass is 35.5. The number of nitrogens with zero attached hydrogens (tertiary/aromatic N) is 3. The van der Waals surface area contributed by atoms with Crippen LogP contribution >= 0.6 is 11.6 Å². The molecular weight excluding hydrogens is 379 g/mol. The molecule has 0 spiro atoms. The highest BCUT2D eigenvalue weighted by molar-refractivity contribution is 6.29. The van der Waals surface area contributed by atoms with E-state index >= 15 is 0 Å². The van der Waals surface area contributed by atoms with Crippen LogP contribution < -0.4 is 4.90 Å². The molecule has 1 aliphatic heterocycles. The lowest BCUT2D eigenvalue weighted by atomic mass is 10.2. The van der Waals surface area contributed by atoms with Crippen LogP contribution in [0.5, 0.6) is 0 Å². The second-order valence-corrected chi connectivity index (χ2v) is 6.11. The van der Waals surface area contributed by atoms with Gasteiger partial charge >= 0.3 is 18.2 Å². The van der Waals surface area contributed by atoms with Crippen LogP contribution in [-0.2, 0) is 20.4 Å². The molecule has 2 heterocycles. The second-order valence-electron chi connectivity index (χ2n) is 5.45. The van der Waals surface area contributed by atoms with E-state index in [0.29, 0.717) is 6.07 Å². The number of aromatic nitrogens is 1. The van der Waals surface area contributed by atoms with E-state index in [2.05, 4.69) is 4.98 Å². The Morgan fingerprint density at radius 3 is 2.62 bits per heavy atom. The fourth-order valence-electron chi connectivity index (χ4n) is 2.35. The topological polar surface area (TPSA) is 72.0 Å². The standard InChI is InChI=1S/C15H17ClF3N3O4/c1-4-25-11-12(26-13(23)8(2)16)22(14(24)21(11)3)10-7-9(5-6-20-10)15(17,18)19/h5-8,11-12H,4H2,1-3H3/t8?,11-,12-/m1/s1. The smallest absolute Gasteiger partial charge is 0.416 e. The van der Waals surface area contributed by atoms with Crippen LogP contribution in [0.3, 0.4) is 0 Å². The van der Waals surface area contributed by atoms with Crippen LogP contribution in [0.1, 0.15) is 19.4 Å². The molecule has 1 aromatic rings. The normalized spacial score (nSPS) is 21.9. The summed E-state index contributed by atoms with van der Waals surface area (Å²) in [5, 5.41) is -1.02. The van der Waals surface area contributed by atoms with Crippen LogP contribution in [0.2, 0.25) is 0 Å². The van der Waals surface area contributed by atoms with E-state index in [1.165, 1.54) is 14.0 Å². The molecule has 0 bridgehead atoms. The third kappa shape index (κ3) is 4.01. The maximum atomic E-state index is 13.0. The first-order chi connectivity index (χ1) is 12.1. The van der Waals surface area contributed by atoms with Crippen LogP contribution in [-0.4, -0.2) is 53.4 Å². The van der Waals surface area contributed by atoms with Crippen molar-refractivity contribution in [1.29, 1.82) is 0 Å². The second kappa shape index (κ2) is 7.67. The number of likely N-dealkylation sites (N-methyl/N-ethyl adjacent to an activating group) is 1. The van der Waals surface area contributed by atoms with Crippen molar-refractivity contribution in [3.05, 3.63) is 23.9 Å². The SMILES string of the molecule is CCO[C@@H]1[C@@H](OC(=O)C(C)Cl)N(c2cc(C(F)(F)F)ccn2)C(=O)N1C. The number of esters is 1. The molecule has 2 rings (SSSR count). The summed E-state index contributed by atoms with van der Waals surface area (Å²) in [5.74, 6) is -1.17. The average Bonchev–Trinajstić information content (AvgIpc) is 2.79. The van der Waals surface area contributed by atoms with E-state index in [4.69, 9.17) is 21.1 Å². The Morgan fingerprint density at radius 1 is 1.42 bits per heavy atom. The Hall–Kier alpha value is -2.07. The molecule has 144 valence electrons. The Morgan fingerprint density at radius 2 is 2.08 bits per heavy atom. The number of carbonyl (C=O) groups excluding carboxylic acids is 2. The minimum atomic E-state index is -4.62.